The van der Waals surface area contributed by atoms with E-state index in [0.717, 1.165) is 12.5 Å². The Hall–Kier alpha value is -1.52. The van der Waals surface area contributed by atoms with Crippen molar-refractivity contribution in [2.45, 2.75) is 39.0 Å². The van der Waals surface area contributed by atoms with Crippen molar-refractivity contribution in [2.75, 3.05) is 0 Å². The predicted molar refractivity (Wildman–Crippen MR) is 61.8 cm³/mol. The topological polar surface area (TPSA) is 26.3 Å². The zero-order valence-corrected chi connectivity index (χ0v) is 10.3. The Bertz CT molecular complexity index is 413. The molecule has 0 saturated carbocycles. The molecule has 1 aromatic rings. The van der Waals surface area contributed by atoms with E-state index < -0.39 is 11.7 Å². The first-order chi connectivity index (χ1) is 8.38. The van der Waals surface area contributed by atoms with Crippen LogP contribution in [0.5, 0.6) is 5.75 Å². The van der Waals surface area contributed by atoms with Gasteiger partial charge in [-0.05, 0) is 31.5 Å². The molecule has 0 heterocycles. The monoisotopic (exact) mass is 260 g/mol. The zero-order chi connectivity index (χ0) is 13.8. The lowest BCUT2D eigenvalue weighted by Crippen LogP contribution is -2.15. The molecule has 1 rings (SSSR count). The number of carbonyl (C=O) groups is 1. The maximum Gasteiger partial charge on any atom is 0.419 e. The third-order valence-corrected chi connectivity index (χ3v) is 2.47. The number of aldehydes is 1. The highest BCUT2D eigenvalue weighted by molar-refractivity contribution is 5.75. The van der Waals surface area contributed by atoms with Gasteiger partial charge < -0.3 is 4.74 Å². The van der Waals surface area contributed by atoms with E-state index in [0.29, 0.717) is 12.7 Å². The van der Waals surface area contributed by atoms with Gasteiger partial charge in [-0.25, -0.2) is 0 Å². The van der Waals surface area contributed by atoms with Crippen molar-refractivity contribution in [2.24, 2.45) is 0 Å². The Morgan fingerprint density at radius 1 is 1.39 bits per heavy atom. The van der Waals surface area contributed by atoms with Crippen molar-refractivity contribution in [1.29, 1.82) is 0 Å². The number of hydrogen-bond acceptors (Lipinski definition) is 2. The summed E-state index contributed by atoms with van der Waals surface area (Å²) in [5, 5.41) is 0. The molecule has 0 aromatic heterocycles. The molecular formula is C13H15F3O2. The summed E-state index contributed by atoms with van der Waals surface area (Å²) >= 11 is 0. The molecule has 18 heavy (non-hydrogen) atoms. The third-order valence-electron chi connectivity index (χ3n) is 2.47. The Kier molecular flexibility index (Phi) is 4.76. The summed E-state index contributed by atoms with van der Waals surface area (Å²) in [6.45, 7) is 3.65. The molecule has 0 N–H and O–H groups in total. The Morgan fingerprint density at radius 2 is 2.06 bits per heavy atom. The molecule has 1 unspecified atom stereocenters. The highest BCUT2D eigenvalue weighted by Crippen LogP contribution is 2.37. The zero-order valence-electron chi connectivity index (χ0n) is 10.3. The Morgan fingerprint density at radius 3 is 2.56 bits per heavy atom. The second-order valence-electron chi connectivity index (χ2n) is 4.09. The van der Waals surface area contributed by atoms with Gasteiger partial charge in [0.05, 0.1) is 11.7 Å². The number of carbonyl (C=O) groups excluding carboxylic acids is 1. The number of halogens is 3. The summed E-state index contributed by atoms with van der Waals surface area (Å²) in [4.78, 5) is 10.5. The molecule has 0 aliphatic rings. The van der Waals surface area contributed by atoms with E-state index in [2.05, 4.69) is 0 Å². The van der Waals surface area contributed by atoms with Gasteiger partial charge in [0.2, 0.25) is 0 Å². The predicted octanol–water partition coefficient (Wildman–Crippen LogP) is 4.09. The number of hydrogen-bond donors (Lipinski definition) is 0. The smallest absolute Gasteiger partial charge is 0.419 e. The molecule has 100 valence electrons. The van der Waals surface area contributed by atoms with Crippen LogP contribution in [0.15, 0.2) is 18.2 Å². The molecule has 0 aliphatic carbocycles. The first-order valence-corrected chi connectivity index (χ1v) is 5.71. The largest absolute Gasteiger partial charge is 0.490 e. The lowest BCUT2D eigenvalue weighted by Gasteiger charge is -2.18. The van der Waals surface area contributed by atoms with Gasteiger partial charge in [0, 0.05) is 5.56 Å². The second kappa shape index (κ2) is 5.89. The highest BCUT2D eigenvalue weighted by Gasteiger charge is 2.35. The van der Waals surface area contributed by atoms with E-state index in [1.165, 1.54) is 12.1 Å². The molecule has 0 radical (unpaired) electrons. The van der Waals surface area contributed by atoms with Gasteiger partial charge in [-0.2, -0.15) is 13.2 Å². The van der Waals surface area contributed by atoms with Crippen LogP contribution >= 0.6 is 0 Å². The molecule has 1 aromatic carbocycles. The standard InChI is InChI=1S/C13H15F3O2/c1-3-4-9(2)18-12-6-5-10(8-17)7-11(12)13(14,15)16/h5-9H,3-4H2,1-2H3. The van der Waals surface area contributed by atoms with Gasteiger partial charge in [-0.15, -0.1) is 0 Å². The van der Waals surface area contributed by atoms with E-state index in [9.17, 15) is 18.0 Å². The fourth-order valence-corrected chi connectivity index (χ4v) is 1.63. The van der Waals surface area contributed by atoms with Crippen LogP contribution in [0.2, 0.25) is 0 Å². The Balaban J connectivity index is 3.06. The maximum absolute atomic E-state index is 12.8. The molecule has 1 atom stereocenters. The van der Waals surface area contributed by atoms with Crippen molar-refractivity contribution in [3.05, 3.63) is 29.3 Å². The average molecular weight is 260 g/mol. The van der Waals surface area contributed by atoms with E-state index in [1.54, 1.807) is 6.92 Å². The molecule has 0 fully saturated rings. The van der Waals surface area contributed by atoms with Gasteiger partial charge in [0.25, 0.3) is 0 Å². The summed E-state index contributed by atoms with van der Waals surface area (Å²) in [5.41, 5.74) is -0.923. The van der Waals surface area contributed by atoms with Crippen LogP contribution in [-0.2, 0) is 6.18 Å². The summed E-state index contributed by atoms with van der Waals surface area (Å²) < 4.78 is 43.7. The fraction of sp³-hybridized carbons (Fsp3) is 0.462. The van der Waals surface area contributed by atoms with Crippen molar-refractivity contribution >= 4 is 6.29 Å². The van der Waals surface area contributed by atoms with Crippen molar-refractivity contribution in [3.8, 4) is 5.75 Å². The molecule has 5 heteroatoms. The quantitative estimate of drug-likeness (QED) is 0.745. The van der Waals surface area contributed by atoms with Crippen LogP contribution in [-0.4, -0.2) is 12.4 Å². The molecular weight excluding hydrogens is 245 g/mol. The van der Waals surface area contributed by atoms with Crippen LogP contribution in [0.4, 0.5) is 13.2 Å². The van der Waals surface area contributed by atoms with Gasteiger partial charge >= 0.3 is 6.18 Å². The van der Waals surface area contributed by atoms with Crippen molar-refractivity contribution in [1.82, 2.24) is 0 Å². The van der Waals surface area contributed by atoms with Crippen molar-refractivity contribution in [3.63, 3.8) is 0 Å². The molecule has 0 bridgehead atoms. The normalized spacial score (nSPS) is 13.2. The minimum absolute atomic E-state index is 0.0159. The van der Waals surface area contributed by atoms with Crippen LogP contribution < -0.4 is 4.74 Å². The van der Waals surface area contributed by atoms with Gasteiger partial charge in [0.15, 0.2) is 0 Å². The summed E-state index contributed by atoms with van der Waals surface area (Å²) in [6, 6.07) is 3.32. The molecule has 0 saturated heterocycles. The molecule has 0 aliphatic heterocycles. The van der Waals surface area contributed by atoms with Crippen LogP contribution in [0.3, 0.4) is 0 Å². The van der Waals surface area contributed by atoms with Crippen LogP contribution in [0.1, 0.15) is 42.6 Å². The summed E-state index contributed by atoms with van der Waals surface area (Å²) in [5.74, 6) is -0.228. The minimum atomic E-state index is -4.53. The third kappa shape index (κ3) is 3.75. The van der Waals surface area contributed by atoms with Crippen LogP contribution in [0.25, 0.3) is 0 Å². The number of alkyl halides is 3. The van der Waals surface area contributed by atoms with Gasteiger partial charge in [-0.3, -0.25) is 4.79 Å². The lowest BCUT2D eigenvalue weighted by molar-refractivity contribution is -0.139. The summed E-state index contributed by atoms with van der Waals surface area (Å²) in [7, 11) is 0. The van der Waals surface area contributed by atoms with E-state index >= 15 is 0 Å². The summed E-state index contributed by atoms with van der Waals surface area (Å²) in [6.07, 6.45) is -2.94. The lowest BCUT2D eigenvalue weighted by atomic mass is 10.1. The Labute approximate surface area is 104 Å². The minimum Gasteiger partial charge on any atom is -0.490 e. The number of ether oxygens (including phenoxy) is 1. The first-order valence-electron chi connectivity index (χ1n) is 5.71. The molecule has 2 nitrogen and oxygen atoms in total. The van der Waals surface area contributed by atoms with Gasteiger partial charge in [0.1, 0.15) is 12.0 Å². The van der Waals surface area contributed by atoms with E-state index in [4.69, 9.17) is 4.74 Å². The van der Waals surface area contributed by atoms with Gasteiger partial charge in [-0.1, -0.05) is 13.3 Å². The van der Waals surface area contributed by atoms with Crippen molar-refractivity contribution < 1.29 is 22.7 Å². The fourth-order valence-electron chi connectivity index (χ4n) is 1.63. The first kappa shape index (κ1) is 14.5. The maximum atomic E-state index is 12.8. The van der Waals surface area contributed by atoms with E-state index in [1.807, 2.05) is 6.92 Å². The molecule has 0 amide bonds. The van der Waals surface area contributed by atoms with E-state index in [-0.39, 0.29) is 17.4 Å². The van der Waals surface area contributed by atoms with Crippen LogP contribution in [0, 0.1) is 0 Å². The second-order valence-corrected chi connectivity index (χ2v) is 4.09. The average Bonchev–Trinajstić information content (AvgIpc) is 2.28. The number of rotatable bonds is 5. The number of benzene rings is 1. The SMILES string of the molecule is CCCC(C)Oc1ccc(C=O)cc1C(F)(F)F. The highest BCUT2D eigenvalue weighted by atomic mass is 19.4. The molecule has 0 spiro atoms.